The lowest BCUT2D eigenvalue weighted by Gasteiger charge is -2.26. The number of nitrogens with zero attached hydrogens (tertiary/aromatic N) is 2. The second-order valence-electron chi connectivity index (χ2n) is 8.25. The zero-order valence-electron chi connectivity index (χ0n) is 19.3. The minimum Gasteiger partial charge on any atom is -0.379 e. The van der Waals surface area contributed by atoms with Crippen molar-refractivity contribution in [2.75, 3.05) is 50.7 Å². The molecule has 1 fully saturated rings. The maximum atomic E-state index is 13.2. The molecule has 11 heteroatoms. The average Bonchev–Trinajstić information content (AvgIpc) is 2.87. The Hall–Kier alpha value is -2.73. The molecule has 3 aromatic rings. The first-order valence-corrected chi connectivity index (χ1v) is 13.5. The van der Waals surface area contributed by atoms with Crippen molar-refractivity contribution in [3.05, 3.63) is 68.9 Å². The zero-order chi connectivity index (χ0) is 25.0. The number of aromatic amines is 1. The van der Waals surface area contributed by atoms with Crippen LogP contribution in [0.5, 0.6) is 0 Å². The predicted molar refractivity (Wildman–Crippen MR) is 139 cm³/mol. The van der Waals surface area contributed by atoms with Crippen molar-refractivity contribution in [3.63, 3.8) is 0 Å². The Kier molecular flexibility index (Phi) is 7.90. The monoisotopic (exact) mass is 562 g/mol. The Bertz CT molecular complexity index is 1370. The van der Waals surface area contributed by atoms with Gasteiger partial charge in [0.05, 0.1) is 23.8 Å². The molecule has 1 saturated heterocycles. The summed E-state index contributed by atoms with van der Waals surface area (Å²) >= 11 is 3.34. The third-order valence-electron chi connectivity index (χ3n) is 5.99. The molecule has 4 rings (SSSR count). The molecular weight excluding hydrogens is 536 g/mol. The number of carbonyl (C=O) groups is 1. The van der Waals surface area contributed by atoms with E-state index in [0.717, 1.165) is 48.0 Å². The molecule has 0 saturated carbocycles. The number of pyridine rings is 1. The number of H-pyrrole nitrogens is 1. The van der Waals surface area contributed by atoms with Crippen LogP contribution in [0.4, 0.5) is 5.69 Å². The van der Waals surface area contributed by atoms with Crippen LogP contribution in [0.1, 0.15) is 16.8 Å². The van der Waals surface area contributed by atoms with Crippen LogP contribution in [0.2, 0.25) is 0 Å². The van der Waals surface area contributed by atoms with E-state index in [9.17, 15) is 18.0 Å². The molecule has 9 nitrogen and oxygen atoms in total. The maximum Gasteiger partial charge on any atom is 0.264 e. The van der Waals surface area contributed by atoms with Crippen LogP contribution in [-0.2, 0) is 14.8 Å². The standard InChI is InChI=1S/C24H27BrN4O5S/c1-28(18-5-3-17(25)4-6-18)35(32,33)19-7-8-22-20(15-19)23(30)21(16-27-22)24(31)26-9-2-10-29-11-13-34-14-12-29/h3-8,15-16H,2,9-14H2,1H3,(H,26,31)(H,27,30). The molecular formula is C24H27BrN4O5S. The van der Waals surface area contributed by atoms with Gasteiger partial charge in [-0.1, -0.05) is 15.9 Å². The molecule has 0 spiro atoms. The van der Waals surface area contributed by atoms with Crippen molar-refractivity contribution in [1.82, 2.24) is 15.2 Å². The Morgan fingerprint density at radius 2 is 1.89 bits per heavy atom. The molecule has 2 heterocycles. The Morgan fingerprint density at radius 3 is 2.60 bits per heavy atom. The normalized spacial score (nSPS) is 14.7. The molecule has 2 N–H and O–H groups in total. The van der Waals surface area contributed by atoms with Crippen LogP contribution in [0.15, 0.2) is 62.8 Å². The fourth-order valence-electron chi connectivity index (χ4n) is 3.90. The summed E-state index contributed by atoms with van der Waals surface area (Å²) in [5, 5.41) is 2.92. The smallest absolute Gasteiger partial charge is 0.264 e. The number of amides is 1. The molecule has 1 aliphatic heterocycles. The molecule has 1 amide bonds. The van der Waals surface area contributed by atoms with E-state index in [1.54, 1.807) is 24.3 Å². The predicted octanol–water partition coefficient (Wildman–Crippen LogP) is 2.57. The summed E-state index contributed by atoms with van der Waals surface area (Å²) in [6.45, 7) is 4.46. The highest BCUT2D eigenvalue weighted by Crippen LogP contribution is 2.25. The number of sulfonamides is 1. The summed E-state index contributed by atoms with van der Waals surface area (Å²) in [7, 11) is -2.47. The SMILES string of the molecule is CN(c1ccc(Br)cc1)S(=O)(=O)c1ccc2[nH]cc(C(=O)NCCCN3CCOCC3)c(=O)c2c1. The van der Waals surface area contributed by atoms with E-state index < -0.39 is 21.4 Å². The van der Waals surface area contributed by atoms with Crippen molar-refractivity contribution in [1.29, 1.82) is 0 Å². The van der Waals surface area contributed by atoms with Crippen LogP contribution >= 0.6 is 15.9 Å². The summed E-state index contributed by atoms with van der Waals surface area (Å²) < 4.78 is 33.7. The highest BCUT2D eigenvalue weighted by atomic mass is 79.9. The third-order valence-corrected chi connectivity index (χ3v) is 8.30. The van der Waals surface area contributed by atoms with Gasteiger partial charge in [-0.15, -0.1) is 0 Å². The van der Waals surface area contributed by atoms with Gasteiger partial charge in [-0.25, -0.2) is 8.42 Å². The highest BCUT2D eigenvalue weighted by molar-refractivity contribution is 9.10. The van der Waals surface area contributed by atoms with Gasteiger partial charge < -0.3 is 15.0 Å². The van der Waals surface area contributed by atoms with Crippen LogP contribution in [-0.4, -0.2) is 70.6 Å². The van der Waals surface area contributed by atoms with Gasteiger partial charge in [0.1, 0.15) is 5.56 Å². The number of benzene rings is 2. The number of morpholine rings is 1. The van der Waals surface area contributed by atoms with E-state index in [0.29, 0.717) is 17.7 Å². The van der Waals surface area contributed by atoms with Crippen molar-refractivity contribution in [2.45, 2.75) is 11.3 Å². The summed E-state index contributed by atoms with van der Waals surface area (Å²) in [6, 6.07) is 11.1. The topological polar surface area (TPSA) is 112 Å². The van der Waals surface area contributed by atoms with Crippen LogP contribution in [0, 0.1) is 0 Å². The minimum absolute atomic E-state index is 0.0380. The first kappa shape index (κ1) is 25.4. The number of rotatable bonds is 8. The lowest BCUT2D eigenvalue weighted by atomic mass is 10.1. The van der Waals surface area contributed by atoms with Gasteiger partial charge in [0.25, 0.3) is 15.9 Å². The number of aromatic nitrogens is 1. The number of nitrogens with one attached hydrogen (secondary N) is 2. The van der Waals surface area contributed by atoms with Crippen LogP contribution in [0.25, 0.3) is 10.9 Å². The number of fused-ring (bicyclic) bond motifs is 1. The van der Waals surface area contributed by atoms with E-state index >= 15 is 0 Å². The third kappa shape index (κ3) is 5.75. The molecule has 1 aromatic heterocycles. The quantitative estimate of drug-likeness (QED) is 0.408. The summed E-state index contributed by atoms with van der Waals surface area (Å²) in [5.41, 5.74) is 0.351. The number of anilines is 1. The molecule has 0 unspecified atom stereocenters. The van der Waals surface area contributed by atoms with E-state index in [4.69, 9.17) is 4.74 Å². The lowest BCUT2D eigenvalue weighted by Crippen LogP contribution is -2.38. The van der Waals surface area contributed by atoms with Gasteiger partial charge >= 0.3 is 0 Å². The molecule has 0 bridgehead atoms. The molecule has 35 heavy (non-hydrogen) atoms. The fourth-order valence-corrected chi connectivity index (χ4v) is 5.39. The van der Waals surface area contributed by atoms with Gasteiger partial charge in [0.15, 0.2) is 0 Å². The molecule has 0 radical (unpaired) electrons. The maximum absolute atomic E-state index is 13.2. The van der Waals surface area contributed by atoms with Gasteiger partial charge in [0, 0.05) is 48.3 Å². The average molecular weight is 563 g/mol. The van der Waals surface area contributed by atoms with E-state index in [-0.39, 0.29) is 15.8 Å². The van der Waals surface area contributed by atoms with Crippen molar-refractivity contribution < 1.29 is 17.9 Å². The number of hydrogen-bond acceptors (Lipinski definition) is 6. The Morgan fingerprint density at radius 1 is 1.17 bits per heavy atom. The van der Waals surface area contributed by atoms with E-state index in [2.05, 4.69) is 31.1 Å². The minimum atomic E-state index is -3.92. The summed E-state index contributed by atoms with van der Waals surface area (Å²) in [6.07, 6.45) is 2.12. The van der Waals surface area contributed by atoms with Gasteiger partial charge in [0.2, 0.25) is 5.43 Å². The second-order valence-corrected chi connectivity index (χ2v) is 11.1. The zero-order valence-corrected chi connectivity index (χ0v) is 21.7. The molecule has 1 aliphatic rings. The van der Waals surface area contributed by atoms with Crippen LogP contribution < -0.4 is 15.1 Å². The molecule has 2 aromatic carbocycles. The molecule has 0 aliphatic carbocycles. The number of halogens is 1. The van der Waals surface area contributed by atoms with Gasteiger partial charge in [-0.3, -0.25) is 18.8 Å². The van der Waals surface area contributed by atoms with E-state index in [1.165, 1.54) is 31.4 Å². The van der Waals surface area contributed by atoms with E-state index in [1.807, 2.05) is 0 Å². The largest absolute Gasteiger partial charge is 0.379 e. The lowest BCUT2D eigenvalue weighted by molar-refractivity contribution is 0.0374. The summed E-state index contributed by atoms with van der Waals surface area (Å²) in [5.74, 6) is -0.490. The Balaban J connectivity index is 1.51. The van der Waals surface area contributed by atoms with Gasteiger partial charge in [-0.2, -0.15) is 0 Å². The number of carbonyl (C=O) groups excluding carboxylic acids is 1. The van der Waals surface area contributed by atoms with Crippen molar-refractivity contribution in [2.24, 2.45) is 0 Å². The molecule has 0 atom stereocenters. The second kappa shape index (κ2) is 10.9. The number of hydrogen-bond donors (Lipinski definition) is 2. The Labute approximate surface area is 212 Å². The fraction of sp³-hybridized carbons (Fsp3) is 0.333. The van der Waals surface area contributed by atoms with Crippen molar-refractivity contribution in [3.8, 4) is 0 Å². The first-order valence-electron chi connectivity index (χ1n) is 11.3. The number of ether oxygens (including phenoxy) is 1. The van der Waals surface area contributed by atoms with Gasteiger partial charge in [-0.05, 0) is 55.4 Å². The summed E-state index contributed by atoms with van der Waals surface area (Å²) in [4.78, 5) is 30.9. The first-order chi connectivity index (χ1) is 16.8. The highest BCUT2D eigenvalue weighted by Gasteiger charge is 2.23. The van der Waals surface area contributed by atoms with Crippen LogP contribution in [0.3, 0.4) is 0 Å². The van der Waals surface area contributed by atoms with Crippen molar-refractivity contribution >= 4 is 48.5 Å². The molecule has 186 valence electrons.